The van der Waals surface area contributed by atoms with E-state index < -0.39 is 11.0 Å². The predicted octanol–water partition coefficient (Wildman–Crippen LogP) is 4.24. The van der Waals surface area contributed by atoms with E-state index in [9.17, 15) is 15.2 Å². The molecule has 20 heavy (non-hydrogen) atoms. The van der Waals surface area contributed by atoms with E-state index in [4.69, 9.17) is 0 Å². The molecule has 2 aromatic rings. The molecule has 0 radical (unpaired) electrons. The average Bonchev–Trinajstić information content (AvgIpc) is 2.42. The van der Waals surface area contributed by atoms with Crippen molar-refractivity contribution in [2.75, 3.05) is 0 Å². The van der Waals surface area contributed by atoms with Gasteiger partial charge >= 0.3 is 0 Å². The number of hydrogen-bond donors (Lipinski definition) is 1. The quantitative estimate of drug-likeness (QED) is 0.433. The molecule has 0 saturated carbocycles. The normalized spacial score (nSPS) is 12.2. The van der Waals surface area contributed by atoms with Gasteiger partial charge in [0.1, 0.15) is 0 Å². The number of nitrogens with zero attached hydrogens (tertiary/aromatic N) is 1. The number of hydrogen-bond acceptors (Lipinski definition) is 3. The summed E-state index contributed by atoms with van der Waals surface area (Å²) >= 11 is 5.56. The minimum Gasteiger partial charge on any atom is -0.388 e. The molecule has 0 aromatic heterocycles. The third-order valence-electron chi connectivity index (χ3n) is 2.89. The van der Waals surface area contributed by atoms with Gasteiger partial charge in [0.05, 0.1) is 11.0 Å². The van der Waals surface area contributed by atoms with Gasteiger partial charge in [0.25, 0.3) is 5.69 Å². The first-order chi connectivity index (χ1) is 9.47. The van der Waals surface area contributed by atoms with Gasteiger partial charge in [0, 0.05) is 26.6 Å². The van der Waals surface area contributed by atoms with Crippen LogP contribution in [-0.2, 0) is 6.42 Å². The summed E-state index contributed by atoms with van der Waals surface area (Å²) in [5.74, 6) is 0. The van der Waals surface area contributed by atoms with Gasteiger partial charge in [-0.05, 0) is 51.9 Å². The van der Waals surface area contributed by atoms with Crippen LogP contribution < -0.4 is 0 Å². The van der Waals surface area contributed by atoms with Crippen molar-refractivity contribution < 1.29 is 10.0 Å². The summed E-state index contributed by atoms with van der Waals surface area (Å²) in [6, 6.07) is 12.0. The van der Waals surface area contributed by atoms with Gasteiger partial charge in [0.15, 0.2) is 0 Å². The molecular weight excluding hydrogens is 437 g/mol. The van der Waals surface area contributed by atoms with E-state index in [0.717, 1.165) is 19.2 Å². The van der Waals surface area contributed by atoms with Crippen molar-refractivity contribution in [1.82, 2.24) is 0 Å². The van der Waals surface area contributed by atoms with Crippen LogP contribution in [0.3, 0.4) is 0 Å². The largest absolute Gasteiger partial charge is 0.388 e. The van der Waals surface area contributed by atoms with Crippen molar-refractivity contribution in [3.8, 4) is 0 Å². The molecule has 1 N–H and O–H groups in total. The number of aliphatic hydroxyl groups excluding tert-OH is 1. The zero-order chi connectivity index (χ0) is 14.7. The van der Waals surface area contributed by atoms with Crippen molar-refractivity contribution >= 4 is 44.2 Å². The van der Waals surface area contributed by atoms with Crippen LogP contribution in [0.2, 0.25) is 0 Å². The van der Waals surface area contributed by atoms with Crippen LogP contribution in [0.1, 0.15) is 17.2 Å². The Morgan fingerprint density at radius 3 is 2.50 bits per heavy atom. The molecule has 2 rings (SSSR count). The van der Waals surface area contributed by atoms with Crippen LogP contribution in [0, 0.1) is 13.7 Å². The summed E-state index contributed by atoms with van der Waals surface area (Å²) < 4.78 is 1.90. The third-order valence-corrected chi connectivity index (χ3v) is 4.37. The van der Waals surface area contributed by atoms with Crippen LogP contribution in [0.5, 0.6) is 0 Å². The van der Waals surface area contributed by atoms with Crippen LogP contribution in [-0.4, -0.2) is 10.0 Å². The minimum atomic E-state index is -0.638. The second-order valence-electron chi connectivity index (χ2n) is 4.31. The molecule has 0 heterocycles. The molecule has 6 heteroatoms. The van der Waals surface area contributed by atoms with E-state index in [1.54, 1.807) is 12.1 Å². The van der Waals surface area contributed by atoms with Crippen LogP contribution in [0.15, 0.2) is 46.9 Å². The van der Waals surface area contributed by atoms with Gasteiger partial charge < -0.3 is 5.11 Å². The summed E-state index contributed by atoms with van der Waals surface area (Å²) in [6.07, 6.45) is -0.217. The fraction of sp³-hybridized carbons (Fsp3) is 0.143. The molecule has 2 aromatic carbocycles. The fourth-order valence-electron chi connectivity index (χ4n) is 1.86. The van der Waals surface area contributed by atoms with E-state index in [2.05, 4.69) is 38.5 Å². The number of benzene rings is 2. The van der Waals surface area contributed by atoms with Crippen molar-refractivity contribution in [3.05, 3.63) is 71.7 Å². The van der Waals surface area contributed by atoms with Crippen molar-refractivity contribution in [2.24, 2.45) is 0 Å². The maximum absolute atomic E-state index is 10.6. The number of rotatable bonds is 4. The Morgan fingerprint density at radius 1 is 1.25 bits per heavy atom. The van der Waals surface area contributed by atoms with E-state index in [1.165, 1.54) is 12.1 Å². The van der Waals surface area contributed by atoms with Crippen LogP contribution >= 0.6 is 38.5 Å². The summed E-state index contributed by atoms with van der Waals surface area (Å²) in [7, 11) is 0. The van der Waals surface area contributed by atoms with Crippen molar-refractivity contribution in [3.63, 3.8) is 0 Å². The first-order valence-electron chi connectivity index (χ1n) is 5.83. The second kappa shape index (κ2) is 6.64. The van der Waals surface area contributed by atoms with Gasteiger partial charge in [-0.25, -0.2) is 0 Å². The lowest BCUT2D eigenvalue weighted by atomic mass is 10.0. The molecule has 0 aliphatic heterocycles. The fourth-order valence-corrected chi connectivity index (χ4v) is 2.93. The van der Waals surface area contributed by atoms with Gasteiger partial charge in [-0.1, -0.05) is 28.1 Å². The summed E-state index contributed by atoms with van der Waals surface area (Å²) in [6.45, 7) is 0. The van der Waals surface area contributed by atoms with Crippen LogP contribution in [0.4, 0.5) is 5.69 Å². The van der Waals surface area contributed by atoms with E-state index in [1.807, 2.05) is 18.2 Å². The Bertz CT molecular complexity index is 631. The summed E-state index contributed by atoms with van der Waals surface area (Å²) in [5, 5.41) is 20.9. The second-order valence-corrected chi connectivity index (χ2v) is 6.39. The highest BCUT2D eigenvalue weighted by Crippen LogP contribution is 2.27. The molecule has 1 unspecified atom stereocenters. The monoisotopic (exact) mass is 447 g/mol. The lowest BCUT2D eigenvalue weighted by molar-refractivity contribution is -0.384. The molecule has 0 aliphatic carbocycles. The van der Waals surface area contributed by atoms with E-state index >= 15 is 0 Å². The molecule has 0 bridgehead atoms. The standard InChI is InChI=1S/C14H11BrINO3/c15-10-3-6-13(16)12(8-10)14(18)7-9-1-4-11(5-2-9)17(19)20/h1-6,8,14,18H,7H2. The van der Waals surface area contributed by atoms with Crippen molar-refractivity contribution in [1.29, 1.82) is 0 Å². The smallest absolute Gasteiger partial charge is 0.269 e. The highest BCUT2D eigenvalue weighted by molar-refractivity contribution is 14.1. The molecule has 0 fully saturated rings. The number of nitro groups is 1. The lowest BCUT2D eigenvalue weighted by Crippen LogP contribution is -2.04. The maximum atomic E-state index is 10.6. The molecular formula is C14H11BrINO3. The third kappa shape index (κ3) is 3.77. The summed E-state index contributed by atoms with van der Waals surface area (Å²) in [4.78, 5) is 10.2. The number of aliphatic hydroxyl groups is 1. The number of halogens is 2. The van der Waals surface area contributed by atoms with Gasteiger partial charge in [-0.2, -0.15) is 0 Å². The minimum absolute atomic E-state index is 0.0558. The van der Waals surface area contributed by atoms with Crippen LogP contribution in [0.25, 0.3) is 0 Å². The molecule has 0 aliphatic rings. The molecule has 0 amide bonds. The highest BCUT2D eigenvalue weighted by atomic mass is 127. The zero-order valence-electron chi connectivity index (χ0n) is 10.3. The molecule has 0 saturated heterocycles. The van der Waals surface area contributed by atoms with Gasteiger partial charge in [-0.3, -0.25) is 10.1 Å². The highest BCUT2D eigenvalue weighted by Gasteiger charge is 2.13. The first-order valence-corrected chi connectivity index (χ1v) is 7.71. The zero-order valence-corrected chi connectivity index (χ0v) is 14.0. The SMILES string of the molecule is O=[N+]([O-])c1ccc(CC(O)c2cc(Br)ccc2I)cc1. The Hall–Kier alpha value is -0.990. The maximum Gasteiger partial charge on any atom is 0.269 e. The predicted molar refractivity (Wildman–Crippen MR) is 88.6 cm³/mol. The molecule has 1 atom stereocenters. The summed E-state index contributed by atoms with van der Waals surface area (Å²) in [5.41, 5.74) is 1.76. The molecule has 104 valence electrons. The number of nitro benzene ring substituents is 1. The number of non-ortho nitro benzene ring substituents is 1. The van der Waals surface area contributed by atoms with Gasteiger partial charge in [-0.15, -0.1) is 0 Å². The van der Waals surface area contributed by atoms with Crippen molar-refractivity contribution in [2.45, 2.75) is 12.5 Å². The Balaban J connectivity index is 2.16. The Labute approximate surface area is 138 Å². The van der Waals surface area contributed by atoms with Gasteiger partial charge in [0.2, 0.25) is 0 Å². The first kappa shape index (κ1) is 15.4. The van der Waals surface area contributed by atoms with E-state index in [0.29, 0.717) is 6.42 Å². The molecule has 4 nitrogen and oxygen atoms in total. The lowest BCUT2D eigenvalue weighted by Gasteiger charge is -2.13. The average molecular weight is 448 g/mol. The molecule has 0 spiro atoms. The topological polar surface area (TPSA) is 63.4 Å². The van der Waals surface area contributed by atoms with E-state index in [-0.39, 0.29) is 5.69 Å². The Kier molecular flexibility index (Phi) is 5.11. The Morgan fingerprint density at radius 2 is 1.90 bits per heavy atom.